The lowest BCUT2D eigenvalue weighted by Gasteiger charge is -2.21. The van der Waals surface area contributed by atoms with Crippen molar-refractivity contribution < 1.29 is 9.13 Å². The molecule has 0 atom stereocenters. The maximum Gasteiger partial charge on any atom is 0.299 e. The van der Waals surface area contributed by atoms with Crippen LogP contribution in [0.25, 0.3) is 67.3 Å². The van der Waals surface area contributed by atoms with Crippen molar-refractivity contribution in [3.8, 4) is 67.3 Å². The second-order valence-electron chi connectivity index (χ2n) is 24.8. The Kier molecular flexibility index (Phi) is 17.0. The van der Waals surface area contributed by atoms with Gasteiger partial charge in [-0.05, 0) is 69.6 Å². The Hall–Kier alpha value is -8.10. The minimum atomic E-state index is -0.357. The molecule has 2 aromatic heterocycles. The van der Waals surface area contributed by atoms with Gasteiger partial charge in [-0.25, -0.2) is 0 Å². The van der Waals surface area contributed by atoms with Crippen LogP contribution in [-0.4, -0.2) is 9.13 Å². The standard InChI is InChI=1S/C74H82N4O4/c1-43(2)57-21-17-22-58(44(3)4)67(57)75-41-76(68-59(45(5)6)23-18-24-60(68)46(7)8)72(80)65(71(75)79)55-37-33-53(34-38-55)51-29-31-52(32-30-51)54-35-39-56(40-36-54)66-73(81)77(69-61(47(9)10)25-19-26-62(69)48(11)12)42-78(74(66)82)70-63(49(13)14)27-20-28-64(70)50(15)16/h17-50H,1-16H3. The summed E-state index contributed by atoms with van der Waals surface area (Å²) in [6.45, 7) is 34.3. The smallest absolute Gasteiger partial charge is 0.256 e. The molecule has 8 nitrogen and oxygen atoms in total. The molecule has 9 aromatic rings. The summed E-state index contributed by atoms with van der Waals surface area (Å²) in [6.07, 6.45) is 3.50. The van der Waals surface area contributed by atoms with E-state index in [4.69, 9.17) is 0 Å². The molecule has 0 aliphatic heterocycles. The van der Waals surface area contributed by atoms with Gasteiger partial charge in [0.15, 0.2) is 0 Å². The van der Waals surface area contributed by atoms with Crippen molar-refractivity contribution in [1.82, 2.24) is 9.13 Å². The predicted octanol–water partition coefficient (Wildman–Crippen LogP) is 16.4. The maximum atomic E-state index is 15.2. The van der Waals surface area contributed by atoms with Gasteiger partial charge in [0.05, 0.1) is 11.1 Å². The van der Waals surface area contributed by atoms with Gasteiger partial charge in [-0.2, -0.15) is 53.7 Å². The summed E-state index contributed by atoms with van der Waals surface area (Å²) in [5.74, 6) is 0.935. The molecule has 0 amide bonds. The largest absolute Gasteiger partial charge is 0.299 e. The molecule has 0 fully saturated rings. The molecular weight excluding hydrogens is 1010 g/mol. The Morgan fingerprint density at radius 2 is 0.500 bits per heavy atom. The molecule has 0 saturated heterocycles. The molecule has 0 unspecified atom stereocenters. The quantitative estimate of drug-likeness (QED) is 0.0713. The van der Waals surface area contributed by atoms with Crippen LogP contribution < -0.4 is 31.4 Å². The van der Waals surface area contributed by atoms with Gasteiger partial charge in [-0.3, -0.25) is 19.2 Å². The molecule has 7 aromatic carbocycles. The summed E-state index contributed by atoms with van der Waals surface area (Å²) >= 11 is 0. The van der Waals surface area contributed by atoms with Crippen molar-refractivity contribution >= 4 is 0 Å². The van der Waals surface area contributed by atoms with E-state index >= 15 is 19.2 Å². The molecule has 0 aliphatic carbocycles. The van der Waals surface area contributed by atoms with Gasteiger partial charge in [0.25, 0.3) is 34.9 Å². The lowest BCUT2D eigenvalue weighted by molar-refractivity contribution is -0.616. The van der Waals surface area contributed by atoms with Crippen LogP contribution in [0.2, 0.25) is 0 Å². The van der Waals surface area contributed by atoms with Crippen LogP contribution in [0.15, 0.2) is 177 Å². The van der Waals surface area contributed by atoms with E-state index in [-0.39, 0.29) is 80.7 Å². The van der Waals surface area contributed by atoms with Gasteiger partial charge >= 0.3 is 0 Å². The van der Waals surface area contributed by atoms with Crippen LogP contribution >= 0.6 is 0 Å². The summed E-state index contributed by atoms with van der Waals surface area (Å²) in [5.41, 5.74) is 15.3. The van der Waals surface area contributed by atoms with Crippen LogP contribution in [0, 0.1) is 0 Å². The van der Waals surface area contributed by atoms with E-state index < -0.39 is 0 Å². The van der Waals surface area contributed by atoms with Crippen LogP contribution in [0.1, 0.15) is 203 Å². The molecular formula is C74H82N4O4. The molecule has 2 heterocycles. The second kappa shape index (κ2) is 23.8. The number of para-hydroxylation sites is 4. The average Bonchev–Trinajstić information content (AvgIpc) is 3.49. The summed E-state index contributed by atoms with van der Waals surface area (Å²) < 4.78 is 6.94. The van der Waals surface area contributed by atoms with E-state index in [1.165, 1.54) is 0 Å². The molecule has 0 spiro atoms. The Bertz CT molecular complexity index is 3500. The van der Waals surface area contributed by atoms with Crippen molar-refractivity contribution in [3.05, 3.63) is 244 Å². The topological polar surface area (TPSA) is 85.9 Å². The minimum Gasteiger partial charge on any atom is -0.256 e. The minimum absolute atomic E-state index is 0.115. The van der Waals surface area contributed by atoms with E-state index in [1.807, 2.05) is 48.5 Å². The molecule has 9 rings (SSSR count). The predicted molar refractivity (Wildman–Crippen MR) is 339 cm³/mol. The highest BCUT2D eigenvalue weighted by atomic mass is 16.2. The first-order valence-electron chi connectivity index (χ1n) is 29.6. The van der Waals surface area contributed by atoms with E-state index in [1.54, 1.807) is 30.9 Å². The highest BCUT2D eigenvalue weighted by Gasteiger charge is 2.31. The zero-order valence-electron chi connectivity index (χ0n) is 51.1. The summed E-state index contributed by atoms with van der Waals surface area (Å²) in [4.78, 5) is 60.9. The van der Waals surface area contributed by atoms with Crippen molar-refractivity contribution in [2.75, 3.05) is 0 Å². The molecule has 0 radical (unpaired) electrons. The monoisotopic (exact) mass is 1090 g/mol. The Balaban J connectivity index is 1.13. The number of hydrogen-bond donors (Lipinski definition) is 0. The number of rotatable bonds is 16. The maximum absolute atomic E-state index is 15.2. The second-order valence-corrected chi connectivity index (χ2v) is 24.8. The summed E-state index contributed by atoms with van der Waals surface area (Å²) in [5, 5.41) is 0. The van der Waals surface area contributed by atoms with Gasteiger partial charge in [-0.1, -0.05) is 208 Å². The van der Waals surface area contributed by atoms with E-state index in [9.17, 15) is 0 Å². The Morgan fingerprint density at radius 1 is 0.293 bits per heavy atom. The summed E-state index contributed by atoms with van der Waals surface area (Å²) in [6, 6.07) is 48.8. The molecule has 82 heavy (non-hydrogen) atoms. The Labute approximate surface area is 485 Å². The highest BCUT2D eigenvalue weighted by molar-refractivity contribution is 5.75. The number of hydrogen-bond acceptors (Lipinski definition) is 4. The fourth-order valence-electron chi connectivity index (χ4n) is 11.9. The zero-order valence-corrected chi connectivity index (χ0v) is 51.1. The SMILES string of the molecule is CC(C)c1cccc(C(C)C)c1-n1c[n+](-c2c(C(C)C)cccc2C(C)C)c(=O)[c-](-c2ccc(-c3ccc(-c4ccc(-[c-]5c(=O)n(-c6c(C(C)C)cccc6C(C)C)c[n+](-c6c(C(C)C)cccc6C(C)C)c5=O)cc4)cc3)cc2)c1=O. The number of nitrogens with zero attached hydrogens (tertiary/aromatic N) is 4. The van der Waals surface area contributed by atoms with Crippen molar-refractivity contribution in [3.63, 3.8) is 0 Å². The van der Waals surface area contributed by atoms with Crippen molar-refractivity contribution in [1.29, 1.82) is 0 Å². The lowest BCUT2D eigenvalue weighted by Crippen LogP contribution is -2.54. The third-order valence-corrected chi connectivity index (χ3v) is 16.4. The molecule has 0 N–H and O–H groups in total. The van der Waals surface area contributed by atoms with Crippen LogP contribution in [0.5, 0.6) is 0 Å². The zero-order chi connectivity index (χ0) is 59.2. The van der Waals surface area contributed by atoms with Gasteiger partial charge in [-0.15, -0.1) is 24.3 Å². The van der Waals surface area contributed by atoms with Gasteiger partial charge in [0.1, 0.15) is 22.7 Å². The molecule has 0 saturated carbocycles. The Morgan fingerprint density at radius 3 is 0.720 bits per heavy atom. The van der Waals surface area contributed by atoms with Crippen LogP contribution in [-0.2, 0) is 0 Å². The lowest BCUT2D eigenvalue weighted by atomic mass is 9.91. The van der Waals surface area contributed by atoms with Crippen molar-refractivity contribution in [2.24, 2.45) is 0 Å². The number of aromatic nitrogens is 4. The summed E-state index contributed by atoms with van der Waals surface area (Å²) in [7, 11) is 0. The van der Waals surface area contributed by atoms with E-state index in [2.05, 4.69) is 208 Å². The van der Waals surface area contributed by atoms with Gasteiger partial charge in [0.2, 0.25) is 0 Å². The third-order valence-electron chi connectivity index (χ3n) is 16.4. The van der Waals surface area contributed by atoms with Crippen LogP contribution in [0.4, 0.5) is 0 Å². The normalized spacial score (nSPS) is 12.0. The van der Waals surface area contributed by atoms with Gasteiger partial charge in [0, 0.05) is 44.5 Å². The number of benzene rings is 7. The first-order valence-corrected chi connectivity index (χ1v) is 29.6. The first kappa shape index (κ1) is 58.6. The van der Waals surface area contributed by atoms with Gasteiger partial charge < -0.3 is 0 Å². The van der Waals surface area contributed by atoms with E-state index in [0.717, 1.165) is 89.5 Å². The third kappa shape index (κ3) is 10.9. The highest BCUT2D eigenvalue weighted by Crippen LogP contribution is 2.35. The fourth-order valence-corrected chi connectivity index (χ4v) is 11.9. The fraction of sp³-hybridized carbons (Fsp3) is 0.324. The molecule has 422 valence electrons. The first-order chi connectivity index (χ1) is 39.0. The van der Waals surface area contributed by atoms with E-state index in [0.29, 0.717) is 11.1 Å². The molecule has 8 heteroatoms. The molecule has 0 aliphatic rings. The average molecular weight is 1090 g/mol. The van der Waals surface area contributed by atoms with Crippen molar-refractivity contribution in [2.45, 2.75) is 158 Å². The van der Waals surface area contributed by atoms with Crippen LogP contribution in [0.3, 0.4) is 0 Å². The molecule has 0 bridgehead atoms.